The lowest BCUT2D eigenvalue weighted by Gasteiger charge is -2.06. The van der Waals surface area contributed by atoms with E-state index in [2.05, 4.69) is 26.0 Å². The summed E-state index contributed by atoms with van der Waals surface area (Å²) >= 11 is 0. The van der Waals surface area contributed by atoms with Crippen LogP contribution < -0.4 is 0 Å². The number of hydrogen-bond acceptors (Lipinski definition) is 1. The van der Waals surface area contributed by atoms with Gasteiger partial charge in [0.15, 0.2) is 0 Å². The summed E-state index contributed by atoms with van der Waals surface area (Å²) in [7, 11) is 0. The fraction of sp³-hybridized carbons (Fsp3) is 0.800. The Morgan fingerprint density at radius 3 is 2.44 bits per heavy atom. The molecule has 1 unspecified atom stereocenters. The smallest absolute Gasteiger partial charge is 0.0663 e. The van der Waals surface area contributed by atoms with Gasteiger partial charge in [-0.2, -0.15) is 5.26 Å². The third kappa shape index (κ3) is 11.3. The molecule has 0 aromatic heterocycles. The third-order valence-electron chi connectivity index (χ3n) is 3.14. The molecular formula is C15H27N. The summed E-state index contributed by atoms with van der Waals surface area (Å²) < 4.78 is 0. The highest BCUT2D eigenvalue weighted by atomic mass is 14.2. The van der Waals surface area contributed by atoms with Crippen molar-refractivity contribution in [2.24, 2.45) is 5.92 Å². The second-order valence-corrected chi connectivity index (χ2v) is 4.69. The lowest BCUT2D eigenvalue weighted by molar-refractivity contribution is 0.473. The number of nitrogens with zero attached hydrogens (tertiary/aromatic N) is 1. The van der Waals surface area contributed by atoms with Gasteiger partial charge < -0.3 is 0 Å². The zero-order valence-corrected chi connectivity index (χ0v) is 11.0. The van der Waals surface area contributed by atoms with E-state index in [0.717, 1.165) is 12.3 Å². The Bertz CT molecular complexity index is 200. The van der Waals surface area contributed by atoms with Gasteiger partial charge >= 0.3 is 0 Å². The Kier molecular flexibility index (Phi) is 11.7. The Labute approximate surface area is 102 Å². The first-order valence-electron chi connectivity index (χ1n) is 6.83. The van der Waals surface area contributed by atoms with Crippen LogP contribution in [0.1, 0.15) is 71.6 Å². The van der Waals surface area contributed by atoms with E-state index < -0.39 is 0 Å². The van der Waals surface area contributed by atoms with Gasteiger partial charge in [-0.3, -0.25) is 0 Å². The fourth-order valence-corrected chi connectivity index (χ4v) is 1.74. The van der Waals surface area contributed by atoms with E-state index in [-0.39, 0.29) is 0 Å². The molecule has 0 aliphatic carbocycles. The van der Waals surface area contributed by atoms with E-state index in [1.165, 1.54) is 44.9 Å². The summed E-state index contributed by atoms with van der Waals surface area (Å²) in [6.45, 7) is 4.62. The molecule has 0 heterocycles. The summed E-state index contributed by atoms with van der Waals surface area (Å²) in [6, 6.07) is 2.12. The average Bonchev–Trinajstić information content (AvgIpc) is 2.31. The summed E-state index contributed by atoms with van der Waals surface area (Å²) in [4.78, 5) is 0. The molecule has 92 valence electrons. The lowest BCUT2D eigenvalue weighted by Crippen LogP contribution is -1.91. The van der Waals surface area contributed by atoms with E-state index in [1.807, 2.05) is 6.08 Å². The summed E-state index contributed by atoms with van der Waals surface area (Å²) in [5.41, 5.74) is 0. The summed E-state index contributed by atoms with van der Waals surface area (Å²) in [5, 5.41) is 8.33. The molecule has 0 aliphatic heterocycles. The van der Waals surface area contributed by atoms with Gasteiger partial charge in [0, 0.05) is 0 Å². The molecule has 1 heteroatoms. The molecule has 0 amide bonds. The molecular weight excluding hydrogens is 194 g/mol. The molecule has 0 N–H and O–H groups in total. The Balaban J connectivity index is 3.07. The third-order valence-corrected chi connectivity index (χ3v) is 3.14. The topological polar surface area (TPSA) is 23.8 Å². The number of nitriles is 1. The van der Waals surface area contributed by atoms with Crippen molar-refractivity contribution in [1.29, 1.82) is 5.26 Å². The first kappa shape index (κ1) is 15.2. The minimum absolute atomic E-state index is 0.564. The van der Waals surface area contributed by atoms with Crippen molar-refractivity contribution in [1.82, 2.24) is 0 Å². The molecule has 16 heavy (non-hydrogen) atoms. The highest BCUT2D eigenvalue weighted by Gasteiger charge is 1.97. The first-order valence-corrected chi connectivity index (χ1v) is 6.83. The van der Waals surface area contributed by atoms with Crippen molar-refractivity contribution in [3.05, 3.63) is 12.2 Å². The van der Waals surface area contributed by atoms with Crippen molar-refractivity contribution < 1.29 is 0 Å². The molecule has 0 radical (unpaired) electrons. The average molecular weight is 221 g/mol. The predicted octanol–water partition coefficient (Wildman–Crippen LogP) is 5.23. The highest BCUT2D eigenvalue weighted by Crippen LogP contribution is 2.14. The Morgan fingerprint density at radius 1 is 1.06 bits per heavy atom. The van der Waals surface area contributed by atoms with Gasteiger partial charge in [0.25, 0.3) is 0 Å². The van der Waals surface area contributed by atoms with Crippen LogP contribution in [0, 0.1) is 17.2 Å². The monoisotopic (exact) mass is 221 g/mol. The van der Waals surface area contributed by atoms with Gasteiger partial charge in [-0.05, 0) is 18.8 Å². The van der Waals surface area contributed by atoms with Crippen LogP contribution in [0.4, 0.5) is 0 Å². The number of hydrogen-bond donors (Lipinski definition) is 0. The maximum atomic E-state index is 8.33. The van der Waals surface area contributed by atoms with Gasteiger partial charge in [0.1, 0.15) is 0 Å². The second-order valence-electron chi connectivity index (χ2n) is 4.69. The maximum Gasteiger partial charge on any atom is 0.0663 e. The molecule has 0 saturated carbocycles. The van der Waals surface area contributed by atoms with Crippen molar-refractivity contribution >= 4 is 0 Å². The van der Waals surface area contributed by atoms with Crippen molar-refractivity contribution in [2.75, 3.05) is 0 Å². The molecule has 0 aliphatic rings. The van der Waals surface area contributed by atoms with Crippen LogP contribution in [-0.2, 0) is 0 Å². The minimum atomic E-state index is 0.564. The normalized spacial score (nSPS) is 12.8. The zero-order chi connectivity index (χ0) is 12.1. The SMILES string of the molecule is CCC(C)CCCCCCC/C=C\CC#N. The second kappa shape index (κ2) is 12.3. The quantitative estimate of drug-likeness (QED) is 0.366. The van der Waals surface area contributed by atoms with Crippen LogP contribution in [0.25, 0.3) is 0 Å². The van der Waals surface area contributed by atoms with Crippen LogP contribution in [0.15, 0.2) is 12.2 Å². The molecule has 1 nitrogen and oxygen atoms in total. The van der Waals surface area contributed by atoms with Crippen LogP contribution in [0.5, 0.6) is 0 Å². The van der Waals surface area contributed by atoms with E-state index in [1.54, 1.807) is 0 Å². The summed E-state index contributed by atoms with van der Waals surface area (Å²) in [5.74, 6) is 0.911. The molecule has 0 rings (SSSR count). The van der Waals surface area contributed by atoms with E-state index in [0.29, 0.717) is 6.42 Å². The zero-order valence-electron chi connectivity index (χ0n) is 11.0. The van der Waals surface area contributed by atoms with E-state index in [4.69, 9.17) is 5.26 Å². The van der Waals surface area contributed by atoms with Gasteiger partial charge in [0.2, 0.25) is 0 Å². The molecule has 0 bridgehead atoms. The van der Waals surface area contributed by atoms with Gasteiger partial charge in [-0.25, -0.2) is 0 Å². The van der Waals surface area contributed by atoms with Crippen molar-refractivity contribution in [3.63, 3.8) is 0 Å². The molecule has 0 spiro atoms. The molecule has 0 aromatic rings. The number of rotatable bonds is 10. The fourth-order valence-electron chi connectivity index (χ4n) is 1.74. The maximum absolute atomic E-state index is 8.33. The standard InChI is InChI=1S/C15H27N/c1-3-15(2)13-11-9-7-5-4-6-8-10-12-14-16/h8,10,15H,3-7,9,11-13H2,1-2H3/b10-8-. The minimum Gasteiger partial charge on any atom is -0.198 e. The van der Waals surface area contributed by atoms with Gasteiger partial charge in [-0.1, -0.05) is 64.5 Å². The lowest BCUT2D eigenvalue weighted by atomic mass is 10.00. The Morgan fingerprint density at radius 2 is 1.75 bits per heavy atom. The predicted molar refractivity (Wildman–Crippen MR) is 71.1 cm³/mol. The van der Waals surface area contributed by atoms with Crippen LogP contribution in [0.2, 0.25) is 0 Å². The van der Waals surface area contributed by atoms with Crippen LogP contribution in [-0.4, -0.2) is 0 Å². The van der Waals surface area contributed by atoms with E-state index in [9.17, 15) is 0 Å². The van der Waals surface area contributed by atoms with Gasteiger partial charge in [0.05, 0.1) is 12.5 Å². The van der Waals surface area contributed by atoms with Crippen LogP contribution >= 0.6 is 0 Å². The number of unbranched alkanes of at least 4 members (excludes halogenated alkanes) is 5. The van der Waals surface area contributed by atoms with E-state index >= 15 is 0 Å². The largest absolute Gasteiger partial charge is 0.198 e. The molecule has 0 saturated heterocycles. The van der Waals surface area contributed by atoms with Gasteiger partial charge in [-0.15, -0.1) is 0 Å². The van der Waals surface area contributed by atoms with Crippen LogP contribution in [0.3, 0.4) is 0 Å². The highest BCUT2D eigenvalue weighted by molar-refractivity contribution is 4.90. The van der Waals surface area contributed by atoms with Crippen molar-refractivity contribution in [2.45, 2.75) is 71.6 Å². The molecule has 1 atom stereocenters. The van der Waals surface area contributed by atoms with Crippen molar-refractivity contribution in [3.8, 4) is 6.07 Å². The molecule has 0 fully saturated rings. The summed E-state index contributed by atoms with van der Waals surface area (Å²) in [6.07, 6.45) is 15.4. The Hall–Kier alpha value is -0.770. The number of allylic oxidation sites excluding steroid dienone is 2. The molecule has 0 aromatic carbocycles. The first-order chi connectivity index (χ1) is 7.81.